The Balaban J connectivity index is -0.00000000225. The normalized spacial score (nSPS) is 2.25. The summed E-state index contributed by atoms with van der Waals surface area (Å²) in [6, 6.07) is 0. The van der Waals surface area contributed by atoms with Gasteiger partial charge < -0.3 is 27.7 Å². The Morgan fingerprint density at radius 2 is 0.750 bits per heavy atom. The summed E-state index contributed by atoms with van der Waals surface area (Å²) in [6.07, 6.45) is 0. The fourth-order valence-electron chi connectivity index (χ4n) is 0. The number of hydrogen-bond donors (Lipinski definition) is 0. The first-order chi connectivity index (χ1) is 3.00. The van der Waals surface area contributed by atoms with Crippen molar-refractivity contribution < 1.29 is 47.9 Å². The van der Waals surface area contributed by atoms with E-state index < -0.39 is 0 Å². The second-order valence-corrected chi connectivity index (χ2v) is 0. The minimum atomic E-state index is 0. The van der Waals surface area contributed by atoms with Crippen molar-refractivity contribution in [1.82, 2.24) is 0 Å². The molecule has 0 radical (unpaired) electrons. The standard InChI is InChI=1S/3CH3O.ClH.Cr.2H2/c3*1-2;;;;/h3*1H3;1H;;2*1H/q3*-1;;+4;;/p-1. The maximum atomic E-state index is 8.25. The molecule has 0 fully saturated rings. The van der Waals surface area contributed by atoms with Gasteiger partial charge in [-0.05, 0) is 0 Å². The van der Waals surface area contributed by atoms with Gasteiger partial charge in [-0.3, -0.25) is 0 Å². The molecule has 0 aliphatic rings. The molecule has 0 saturated carbocycles. The molecule has 0 aliphatic carbocycles. The van der Waals surface area contributed by atoms with Gasteiger partial charge in [-0.15, -0.1) is 0 Å². The van der Waals surface area contributed by atoms with Crippen LogP contribution in [-0.4, -0.2) is 21.3 Å². The Morgan fingerprint density at radius 3 is 0.750 bits per heavy atom. The molecule has 5 heteroatoms. The molecule has 0 amide bonds. The number of halogens is 1. The third kappa shape index (κ3) is 442. The molecule has 0 aliphatic heterocycles. The molecule has 8 heavy (non-hydrogen) atoms. The van der Waals surface area contributed by atoms with E-state index >= 15 is 0 Å². The Labute approximate surface area is 69.9 Å². The predicted octanol–water partition coefficient (Wildman–Crippen LogP) is -5.58. The molecule has 0 aromatic rings. The summed E-state index contributed by atoms with van der Waals surface area (Å²) in [5, 5.41) is 24.8. The molecule has 0 heterocycles. The van der Waals surface area contributed by atoms with E-state index in [2.05, 4.69) is 0 Å². The van der Waals surface area contributed by atoms with Gasteiger partial charge in [-0.1, -0.05) is 0 Å². The van der Waals surface area contributed by atoms with E-state index in [0.29, 0.717) is 0 Å². The number of hydrogen-bond acceptors (Lipinski definition) is 3. The van der Waals surface area contributed by atoms with Crippen LogP contribution < -0.4 is 27.7 Å². The Bertz CT molecular complexity index is 21.7. The average molecular weight is 185 g/mol. The van der Waals surface area contributed by atoms with Crippen LogP contribution >= 0.6 is 0 Å². The molecule has 0 rings (SSSR count). The van der Waals surface area contributed by atoms with Crippen molar-refractivity contribution in [3.8, 4) is 0 Å². The van der Waals surface area contributed by atoms with E-state index in [4.69, 9.17) is 15.3 Å². The Morgan fingerprint density at radius 1 is 0.750 bits per heavy atom. The predicted molar refractivity (Wildman–Crippen MR) is 22.0 cm³/mol. The first kappa shape index (κ1) is 37.7. The first-order valence-corrected chi connectivity index (χ1v) is 1.22. The summed E-state index contributed by atoms with van der Waals surface area (Å²) < 4.78 is 0. The second-order valence-electron chi connectivity index (χ2n) is 0. The maximum absolute atomic E-state index is 8.25. The molecule has 0 atom stereocenters. The summed E-state index contributed by atoms with van der Waals surface area (Å²) in [5.41, 5.74) is 0. The SMILES string of the molecule is C[O-].C[O-].C[O-].[Cl-].[Cr+4].[HH].[HH]. The third-order valence-corrected chi connectivity index (χ3v) is 0. The van der Waals surface area contributed by atoms with Crippen molar-refractivity contribution in [2.24, 2.45) is 0 Å². The Hall–Kier alpha value is 0.702. The van der Waals surface area contributed by atoms with Crippen LogP contribution in [0.1, 0.15) is 2.85 Å². The fraction of sp³-hybridized carbons (Fsp3) is 1.00. The van der Waals surface area contributed by atoms with Gasteiger partial charge in [0.15, 0.2) is 0 Å². The summed E-state index contributed by atoms with van der Waals surface area (Å²) in [6.45, 7) is 0. The van der Waals surface area contributed by atoms with E-state index in [1.807, 2.05) is 0 Å². The topological polar surface area (TPSA) is 69.2 Å². The molecule has 0 aromatic heterocycles. The second kappa shape index (κ2) is 701. The van der Waals surface area contributed by atoms with Gasteiger partial charge in [0.05, 0.1) is 0 Å². The van der Waals surface area contributed by atoms with Crippen LogP contribution in [0.4, 0.5) is 0 Å². The Kier molecular flexibility index (Phi) is 3300. The van der Waals surface area contributed by atoms with E-state index in [1.165, 1.54) is 0 Å². The third-order valence-electron chi connectivity index (χ3n) is 0. The summed E-state index contributed by atoms with van der Waals surface area (Å²) in [5.74, 6) is 0. The van der Waals surface area contributed by atoms with Crippen molar-refractivity contribution in [3.63, 3.8) is 0 Å². The van der Waals surface area contributed by atoms with Crippen LogP contribution in [0.3, 0.4) is 0 Å². The van der Waals surface area contributed by atoms with Crippen molar-refractivity contribution in [2.75, 3.05) is 21.3 Å². The van der Waals surface area contributed by atoms with E-state index in [9.17, 15) is 0 Å². The largest absolute Gasteiger partial charge is 4.00 e. The number of rotatable bonds is 0. The maximum Gasteiger partial charge on any atom is 4.00 e. The zero-order valence-electron chi connectivity index (χ0n) is 5.01. The van der Waals surface area contributed by atoms with Crippen LogP contribution in [0.15, 0.2) is 0 Å². The van der Waals surface area contributed by atoms with Crippen LogP contribution in [0.5, 0.6) is 0 Å². The molecule has 0 N–H and O–H groups in total. The van der Waals surface area contributed by atoms with E-state index in [-0.39, 0.29) is 32.6 Å². The van der Waals surface area contributed by atoms with Crippen molar-refractivity contribution >= 4 is 0 Å². The molecule has 0 saturated heterocycles. The van der Waals surface area contributed by atoms with Gasteiger partial charge in [-0.25, -0.2) is 0 Å². The van der Waals surface area contributed by atoms with Gasteiger partial charge in [0.1, 0.15) is 0 Å². The van der Waals surface area contributed by atoms with E-state index in [1.54, 1.807) is 0 Å². The minimum absolute atomic E-state index is 0. The van der Waals surface area contributed by atoms with Gasteiger partial charge in [0.25, 0.3) is 0 Å². The minimum Gasteiger partial charge on any atom is -1.00 e. The van der Waals surface area contributed by atoms with E-state index in [0.717, 1.165) is 21.3 Å². The summed E-state index contributed by atoms with van der Waals surface area (Å²) >= 11 is 0. The van der Waals surface area contributed by atoms with Gasteiger partial charge in [-0.2, -0.15) is 21.3 Å². The molecule has 0 unspecified atom stereocenters. The fourth-order valence-corrected chi connectivity index (χ4v) is 0. The van der Waals surface area contributed by atoms with Crippen molar-refractivity contribution in [1.29, 1.82) is 0 Å². The average Bonchev–Trinajstić information content (AvgIpc) is 1.81. The molecular formula is C3H13ClCrO3. The van der Waals surface area contributed by atoms with Crippen LogP contribution in [0.2, 0.25) is 0 Å². The van der Waals surface area contributed by atoms with Gasteiger partial charge in [0.2, 0.25) is 0 Å². The van der Waals surface area contributed by atoms with Gasteiger partial charge >= 0.3 is 17.4 Å². The quantitative estimate of drug-likeness (QED) is 0.377. The smallest absolute Gasteiger partial charge is 1.00 e. The van der Waals surface area contributed by atoms with Crippen molar-refractivity contribution in [3.05, 3.63) is 0 Å². The first-order valence-electron chi connectivity index (χ1n) is 1.22. The van der Waals surface area contributed by atoms with Crippen LogP contribution in [-0.2, 0) is 17.4 Å². The molecule has 0 aromatic carbocycles. The monoisotopic (exact) mass is 184 g/mol. The molecule has 56 valence electrons. The van der Waals surface area contributed by atoms with Crippen molar-refractivity contribution in [2.45, 2.75) is 0 Å². The summed E-state index contributed by atoms with van der Waals surface area (Å²) in [4.78, 5) is 0. The van der Waals surface area contributed by atoms with Crippen LogP contribution in [0, 0.1) is 0 Å². The molecule has 0 spiro atoms. The summed E-state index contributed by atoms with van der Waals surface area (Å²) in [7, 11) is 2.25. The van der Waals surface area contributed by atoms with Crippen LogP contribution in [0.25, 0.3) is 0 Å². The zero-order chi connectivity index (χ0) is 6.00. The zero-order valence-corrected chi connectivity index (χ0v) is 7.04. The molecule has 3 nitrogen and oxygen atoms in total. The molecule has 0 bridgehead atoms. The molecular weight excluding hydrogens is 171 g/mol. The van der Waals surface area contributed by atoms with Gasteiger partial charge in [0, 0.05) is 2.85 Å².